The number of ketones is 1. The van der Waals surface area contributed by atoms with E-state index >= 15 is 0 Å². The van der Waals surface area contributed by atoms with Crippen molar-refractivity contribution in [3.05, 3.63) is 140 Å². The first-order chi connectivity index (χ1) is 37.3. The highest BCUT2D eigenvalue weighted by atomic mass is 16.6. The van der Waals surface area contributed by atoms with Crippen molar-refractivity contribution >= 4 is 35.6 Å². The molecule has 4 aromatic rings. The molecule has 4 aromatic carbocycles. The molecule has 9 nitrogen and oxygen atoms in total. The molecule has 450 valence electrons. The maximum atomic E-state index is 12.1. The van der Waals surface area contributed by atoms with E-state index in [1.54, 1.807) is 27.7 Å². The van der Waals surface area contributed by atoms with E-state index in [4.69, 9.17) is 14.2 Å². The Kier molecular flexibility index (Phi) is 30.2. The maximum absolute atomic E-state index is 12.1. The number of ether oxygens (including phenoxy) is 3. The molecule has 0 heterocycles. The summed E-state index contributed by atoms with van der Waals surface area (Å²) >= 11 is 0. The highest BCUT2D eigenvalue weighted by molar-refractivity contribution is 5.88. The number of hydrogen-bond acceptors (Lipinski definition) is 9. The van der Waals surface area contributed by atoms with E-state index in [1.165, 1.54) is 50.1 Å². The molecule has 0 fully saturated rings. The van der Waals surface area contributed by atoms with Crippen LogP contribution in [-0.4, -0.2) is 42.2 Å². The summed E-state index contributed by atoms with van der Waals surface area (Å²) in [6.45, 7) is 51.8. The molecule has 0 saturated carbocycles. The maximum Gasteiger partial charge on any atom is 0.317 e. The summed E-state index contributed by atoms with van der Waals surface area (Å²) in [4.78, 5) is 70.5. The zero-order chi connectivity index (χ0) is 62.5. The molecule has 0 atom stereocenters. The van der Waals surface area contributed by atoms with Gasteiger partial charge in [-0.15, -0.1) is 0 Å². The summed E-state index contributed by atoms with van der Waals surface area (Å²) in [5, 5.41) is 0. The van der Waals surface area contributed by atoms with Crippen molar-refractivity contribution in [3.63, 3.8) is 0 Å². The quantitative estimate of drug-likeness (QED) is 0.0455. The van der Waals surface area contributed by atoms with Gasteiger partial charge in [0, 0.05) is 17.8 Å². The van der Waals surface area contributed by atoms with Crippen molar-refractivity contribution in [2.24, 2.45) is 29.6 Å². The van der Waals surface area contributed by atoms with Gasteiger partial charge in [-0.1, -0.05) is 231 Å². The summed E-state index contributed by atoms with van der Waals surface area (Å²) in [5.41, 5.74) is 13.4. The molecule has 0 aliphatic heterocycles. The smallest absolute Gasteiger partial charge is 0.317 e. The minimum atomic E-state index is -0.477. The number of carbonyl (C=O) groups excluding carboxylic acids is 6. The molecular formula is C72H108O9. The lowest BCUT2D eigenvalue weighted by molar-refractivity contribution is -0.163. The fourth-order valence-corrected chi connectivity index (χ4v) is 10.2. The van der Waals surface area contributed by atoms with Crippen LogP contribution < -0.4 is 0 Å². The van der Waals surface area contributed by atoms with Gasteiger partial charge in [-0.2, -0.15) is 0 Å². The van der Waals surface area contributed by atoms with Gasteiger partial charge in [-0.3, -0.25) is 28.8 Å². The van der Waals surface area contributed by atoms with Gasteiger partial charge < -0.3 is 14.2 Å². The van der Waals surface area contributed by atoms with Gasteiger partial charge >= 0.3 is 29.8 Å². The van der Waals surface area contributed by atoms with Gasteiger partial charge in [0.25, 0.3) is 0 Å². The van der Waals surface area contributed by atoms with Crippen LogP contribution in [0.15, 0.2) is 78.9 Å². The highest BCUT2D eigenvalue weighted by Gasteiger charge is 2.32. The molecule has 0 aliphatic rings. The van der Waals surface area contributed by atoms with Crippen molar-refractivity contribution in [2.75, 3.05) is 6.61 Å². The van der Waals surface area contributed by atoms with E-state index in [0.717, 1.165) is 24.0 Å². The van der Waals surface area contributed by atoms with Gasteiger partial charge in [0.05, 0.1) is 37.2 Å². The van der Waals surface area contributed by atoms with Gasteiger partial charge in [0.15, 0.2) is 0 Å². The number of esters is 5. The summed E-state index contributed by atoms with van der Waals surface area (Å²) in [6.07, 6.45) is 2.73. The van der Waals surface area contributed by atoms with Crippen LogP contribution in [0.5, 0.6) is 0 Å². The highest BCUT2D eigenvalue weighted by Crippen LogP contribution is 2.39. The molecule has 0 N–H and O–H groups in total. The second-order valence-electron chi connectivity index (χ2n) is 26.7. The molecule has 0 amide bonds. The lowest BCUT2D eigenvalue weighted by atomic mass is 9.73. The molecule has 4 rings (SSSR count). The van der Waals surface area contributed by atoms with E-state index < -0.39 is 23.9 Å². The third kappa shape index (κ3) is 24.3. The average molecular weight is 1120 g/mol. The molecule has 0 spiro atoms. The lowest BCUT2D eigenvalue weighted by Gasteiger charge is -2.31. The van der Waals surface area contributed by atoms with Crippen molar-refractivity contribution in [1.29, 1.82) is 0 Å². The zero-order valence-corrected chi connectivity index (χ0v) is 55.0. The number of carbonyl (C=O) groups is 6. The van der Waals surface area contributed by atoms with Crippen molar-refractivity contribution < 1.29 is 43.0 Å². The monoisotopic (exact) mass is 1120 g/mol. The van der Waals surface area contributed by atoms with E-state index in [0.29, 0.717) is 42.5 Å². The molecule has 9 heteroatoms. The van der Waals surface area contributed by atoms with Gasteiger partial charge in [0.2, 0.25) is 0 Å². The third-order valence-corrected chi connectivity index (χ3v) is 14.6. The number of Topliss-reactive ketones (excluding diaryl/α,β-unsaturated/α-hetero) is 1. The van der Waals surface area contributed by atoms with Crippen molar-refractivity contribution in [3.8, 4) is 0 Å². The van der Waals surface area contributed by atoms with E-state index in [9.17, 15) is 28.8 Å². The Bertz CT molecular complexity index is 2670. The second kappa shape index (κ2) is 33.4. The Morgan fingerprint density at radius 2 is 0.765 bits per heavy atom. The Labute approximate surface area is 491 Å². The van der Waals surface area contributed by atoms with Crippen LogP contribution in [0.4, 0.5) is 0 Å². The van der Waals surface area contributed by atoms with Gasteiger partial charge in [-0.05, 0) is 129 Å². The van der Waals surface area contributed by atoms with E-state index in [-0.39, 0.29) is 58.7 Å². The van der Waals surface area contributed by atoms with Crippen LogP contribution in [0.3, 0.4) is 0 Å². The number of rotatable bonds is 21. The largest absolute Gasteiger partial charge is 0.465 e. The molecule has 0 bridgehead atoms. The number of aryl methyl sites for hydroxylation is 3. The summed E-state index contributed by atoms with van der Waals surface area (Å²) in [7, 11) is 0. The zero-order valence-electron chi connectivity index (χ0n) is 55.0. The minimum Gasteiger partial charge on any atom is -0.465 e. The molecule has 0 unspecified atom stereocenters. The average Bonchev–Trinajstić information content (AvgIpc) is 3.33. The fraction of sp³-hybridized carbons (Fsp3) is 0.583. The van der Waals surface area contributed by atoms with E-state index in [2.05, 4.69) is 152 Å². The molecule has 0 radical (unpaired) electrons. The lowest BCUT2D eigenvalue weighted by Crippen LogP contribution is -2.28. The Morgan fingerprint density at radius 1 is 0.407 bits per heavy atom. The topological polar surface area (TPSA) is 130 Å². The van der Waals surface area contributed by atoms with Gasteiger partial charge in [-0.25, -0.2) is 0 Å². The first kappa shape index (κ1) is 73.3. The Hall–Kier alpha value is -5.70. The molecule has 0 aliphatic carbocycles. The Morgan fingerprint density at radius 3 is 1.12 bits per heavy atom. The van der Waals surface area contributed by atoms with Crippen LogP contribution in [-0.2, 0) is 72.1 Å². The summed E-state index contributed by atoms with van der Waals surface area (Å²) in [6, 6.07) is 27.0. The standard InChI is InChI=1S/C19H28O3.C19H30O2.C18H28O.C16H22O3/c1-12(2)15-10-8-9-14(5)17(15)19(6,7)11-16(20)22-18(21)13(3)4;1-13(2)16-10-8-9-15(5)17(16)19(6,7)11-12-21-18(20)14(3)4;1-12(2)15-10-8-9-14(5)17(15)18(6,7)11-16(19)13(3)4;1-11(2)9-13-7-5-6-8-14(13)10-15(17)19-16(18)12(3)4/h8-10,12-13H,11H2,1-7H3;8-10,13-14H,11-12H2,1-7H3;8-10,12-13H,11H2,1-7H3;5-8,11-12H,9-10H2,1-4H3. The molecular weight excluding hydrogens is 1010 g/mol. The predicted molar refractivity (Wildman–Crippen MR) is 335 cm³/mol. The first-order valence-electron chi connectivity index (χ1n) is 29.8. The van der Waals surface area contributed by atoms with Crippen LogP contribution in [0.2, 0.25) is 0 Å². The molecule has 0 aromatic heterocycles. The third-order valence-electron chi connectivity index (χ3n) is 14.6. The summed E-state index contributed by atoms with van der Waals surface area (Å²) in [5.74, 6) is -0.256. The summed E-state index contributed by atoms with van der Waals surface area (Å²) < 4.78 is 15.1. The number of benzene rings is 4. The minimum absolute atomic E-state index is 0.00219. The Balaban J connectivity index is 0.000000541. The SMILES string of the molecule is CC(C)Cc1ccccc1CC(=O)OC(=O)C(C)C.Cc1cccc(C(C)C)c1C(C)(C)CC(=O)C(C)C.Cc1cccc(C(C)C)c1C(C)(C)CC(=O)OC(=O)C(C)C.Cc1cccc(C(C)C)c1C(C)(C)CCOC(=O)C(C)C. The normalized spacial score (nSPS) is 11.8. The van der Waals surface area contributed by atoms with Gasteiger partial charge in [0.1, 0.15) is 5.78 Å². The predicted octanol–water partition coefficient (Wildman–Crippen LogP) is 17.7. The molecule has 0 saturated heterocycles. The number of hydrogen-bond donors (Lipinski definition) is 0. The van der Waals surface area contributed by atoms with Crippen LogP contribution in [0, 0.1) is 50.4 Å². The van der Waals surface area contributed by atoms with E-state index in [1.807, 2.05) is 71.9 Å². The van der Waals surface area contributed by atoms with Crippen LogP contribution >= 0.6 is 0 Å². The molecule has 81 heavy (non-hydrogen) atoms. The first-order valence-corrected chi connectivity index (χ1v) is 29.8. The second-order valence-corrected chi connectivity index (χ2v) is 26.7. The van der Waals surface area contributed by atoms with Crippen molar-refractivity contribution in [2.45, 2.75) is 239 Å². The fourth-order valence-electron chi connectivity index (χ4n) is 10.2. The van der Waals surface area contributed by atoms with Crippen LogP contribution in [0.1, 0.15) is 251 Å². The van der Waals surface area contributed by atoms with Crippen LogP contribution in [0.25, 0.3) is 0 Å². The van der Waals surface area contributed by atoms with Crippen molar-refractivity contribution in [1.82, 2.24) is 0 Å².